The van der Waals surface area contributed by atoms with Crippen LogP contribution in [0.3, 0.4) is 0 Å². The van der Waals surface area contributed by atoms with E-state index in [4.69, 9.17) is 10.5 Å². The van der Waals surface area contributed by atoms with Crippen LogP contribution in [-0.4, -0.2) is 11.7 Å². The van der Waals surface area contributed by atoms with Gasteiger partial charge in [0.05, 0.1) is 0 Å². The lowest BCUT2D eigenvalue weighted by Gasteiger charge is -2.19. The Labute approximate surface area is 112 Å². The molecule has 3 N–H and O–H groups in total. The van der Waals surface area contributed by atoms with Crippen molar-refractivity contribution in [2.75, 3.05) is 11.1 Å². The summed E-state index contributed by atoms with van der Waals surface area (Å²) in [6, 6.07) is 11.3. The van der Waals surface area contributed by atoms with Gasteiger partial charge < -0.3 is 10.5 Å². The third-order valence-corrected chi connectivity index (χ3v) is 2.51. The Hall–Kier alpha value is -2.23. The summed E-state index contributed by atoms with van der Waals surface area (Å²) in [6.07, 6.45) is -0.456. The van der Waals surface area contributed by atoms with Crippen LogP contribution >= 0.6 is 0 Å². The SMILES string of the molecule is CC(C)(C)OC(=O)Nc1ccc2cc(N)ccc2c1. The van der Waals surface area contributed by atoms with Crippen molar-refractivity contribution >= 4 is 28.2 Å². The highest BCUT2D eigenvalue weighted by atomic mass is 16.6. The Morgan fingerprint density at radius 1 is 1.11 bits per heavy atom. The Morgan fingerprint density at radius 3 is 2.42 bits per heavy atom. The second-order valence-electron chi connectivity index (χ2n) is 5.45. The number of nitrogens with one attached hydrogen (secondary N) is 1. The summed E-state index contributed by atoms with van der Waals surface area (Å²) in [4.78, 5) is 11.7. The third-order valence-electron chi connectivity index (χ3n) is 2.51. The van der Waals surface area contributed by atoms with Crippen LogP contribution in [0.4, 0.5) is 16.2 Å². The number of benzene rings is 2. The fourth-order valence-corrected chi connectivity index (χ4v) is 1.76. The highest BCUT2D eigenvalue weighted by Crippen LogP contribution is 2.22. The monoisotopic (exact) mass is 258 g/mol. The summed E-state index contributed by atoms with van der Waals surface area (Å²) in [5.74, 6) is 0. The molecule has 4 heteroatoms. The molecule has 0 heterocycles. The first-order valence-electron chi connectivity index (χ1n) is 6.13. The van der Waals surface area contributed by atoms with Crippen LogP contribution < -0.4 is 11.1 Å². The summed E-state index contributed by atoms with van der Waals surface area (Å²) in [6.45, 7) is 5.49. The fraction of sp³-hybridized carbons (Fsp3) is 0.267. The van der Waals surface area contributed by atoms with Gasteiger partial charge in [-0.15, -0.1) is 0 Å². The number of nitrogens with two attached hydrogens (primary N) is 1. The summed E-state index contributed by atoms with van der Waals surface area (Å²) >= 11 is 0. The molecule has 4 nitrogen and oxygen atoms in total. The van der Waals surface area contributed by atoms with E-state index < -0.39 is 11.7 Å². The molecule has 2 aromatic rings. The molecule has 2 rings (SSSR count). The highest BCUT2D eigenvalue weighted by Gasteiger charge is 2.16. The lowest BCUT2D eigenvalue weighted by molar-refractivity contribution is 0.0636. The predicted molar refractivity (Wildman–Crippen MR) is 78.2 cm³/mol. The summed E-state index contributed by atoms with van der Waals surface area (Å²) < 4.78 is 5.20. The number of hydrogen-bond donors (Lipinski definition) is 2. The van der Waals surface area contributed by atoms with Gasteiger partial charge in [0.15, 0.2) is 0 Å². The predicted octanol–water partition coefficient (Wildman–Crippen LogP) is 3.77. The third kappa shape index (κ3) is 3.61. The molecule has 2 aromatic carbocycles. The molecule has 0 spiro atoms. The minimum absolute atomic E-state index is 0.456. The van der Waals surface area contributed by atoms with Crippen LogP contribution in [0, 0.1) is 0 Å². The molecule has 0 fully saturated rings. The van der Waals surface area contributed by atoms with E-state index in [1.54, 1.807) is 0 Å². The van der Waals surface area contributed by atoms with Crippen LogP contribution in [0.2, 0.25) is 0 Å². The highest BCUT2D eigenvalue weighted by molar-refractivity contribution is 5.92. The number of carbonyl (C=O) groups excluding carboxylic acids is 1. The van der Waals surface area contributed by atoms with E-state index in [9.17, 15) is 4.79 Å². The molecule has 19 heavy (non-hydrogen) atoms. The van der Waals surface area contributed by atoms with E-state index in [-0.39, 0.29) is 0 Å². The van der Waals surface area contributed by atoms with Gasteiger partial charge in [-0.05, 0) is 55.8 Å². The summed E-state index contributed by atoms with van der Waals surface area (Å²) in [7, 11) is 0. The molecule has 0 aromatic heterocycles. The van der Waals surface area contributed by atoms with Crippen LogP contribution in [-0.2, 0) is 4.74 Å². The van der Waals surface area contributed by atoms with Crippen LogP contribution in [0.1, 0.15) is 20.8 Å². The lowest BCUT2D eigenvalue weighted by atomic mass is 10.1. The molecule has 1 amide bonds. The quantitative estimate of drug-likeness (QED) is 0.765. The molecule has 0 radical (unpaired) electrons. The van der Waals surface area contributed by atoms with E-state index in [0.717, 1.165) is 16.5 Å². The molecular formula is C15H18N2O2. The van der Waals surface area contributed by atoms with Crippen LogP contribution in [0.15, 0.2) is 36.4 Å². The van der Waals surface area contributed by atoms with E-state index in [2.05, 4.69) is 5.32 Å². The Balaban J connectivity index is 2.18. The van der Waals surface area contributed by atoms with E-state index in [1.807, 2.05) is 57.2 Å². The average molecular weight is 258 g/mol. The molecular weight excluding hydrogens is 240 g/mol. The van der Waals surface area contributed by atoms with Gasteiger partial charge in [0.1, 0.15) is 5.60 Å². The topological polar surface area (TPSA) is 64.3 Å². The van der Waals surface area contributed by atoms with Gasteiger partial charge in [-0.25, -0.2) is 4.79 Å². The number of nitrogen functional groups attached to an aromatic ring is 1. The van der Waals surface area contributed by atoms with E-state index in [0.29, 0.717) is 5.69 Å². The number of anilines is 2. The Kier molecular flexibility index (Phi) is 3.34. The van der Waals surface area contributed by atoms with Crippen molar-refractivity contribution in [1.29, 1.82) is 0 Å². The number of ether oxygens (including phenoxy) is 1. The number of carbonyl (C=O) groups is 1. The van der Waals surface area contributed by atoms with Gasteiger partial charge in [0, 0.05) is 11.4 Å². The second-order valence-corrected chi connectivity index (χ2v) is 5.45. The Bertz CT molecular complexity index is 615. The summed E-state index contributed by atoms with van der Waals surface area (Å²) in [5, 5.41) is 4.77. The normalized spacial score (nSPS) is 11.3. The molecule has 0 unspecified atom stereocenters. The first-order valence-corrected chi connectivity index (χ1v) is 6.13. The van der Waals surface area contributed by atoms with Gasteiger partial charge >= 0.3 is 6.09 Å². The van der Waals surface area contributed by atoms with E-state index in [1.165, 1.54) is 0 Å². The maximum atomic E-state index is 11.7. The maximum Gasteiger partial charge on any atom is 0.412 e. The molecule has 0 atom stereocenters. The van der Waals surface area contributed by atoms with Crippen molar-refractivity contribution in [3.8, 4) is 0 Å². The molecule has 0 saturated carbocycles. The number of fused-ring (bicyclic) bond motifs is 1. The van der Waals surface area contributed by atoms with Crippen molar-refractivity contribution in [2.24, 2.45) is 0 Å². The first kappa shape index (κ1) is 13.2. The van der Waals surface area contributed by atoms with Crippen molar-refractivity contribution in [3.63, 3.8) is 0 Å². The zero-order valence-corrected chi connectivity index (χ0v) is 11.4. The van der Waals surface area contributed by atoms with Crippen LogP contribution in [0.5, 0.6) is 0 Å². The van der Waals surface area contributed by atoms with Crippen molar-refractivity contribution in [2.45, 2.75) is 26.4 Å². The zero-order valence-electron chi connectivity index (χ0n) is 11.4. The largest absolute Gasteiger partial charge is 0.444 e. The number of hydrogen-bond acceptors (Lipinski definition) is 3. The maximum absolute atomic E-state index is 11.7. The molecule has 0 aliphatic heterocycles. The smallest absolute Gasteiger partial charge is 0.412 e. The molecule has 0 aliphatic rings. The number of rotatable bonds is 1. The van der Waals surface area contributed by atoms with Crippen LogP contribution in [0.25, 0.3) is 10.8 Å². The summed E-state index contributed by atoms with van der Waals surface area (Å²) in [5.41, 5.74) is 6.64. The van der Waals surface area contributed by atoms with Gasteiger partial charge in [-0.2, -0.15) is 0 Å². The molecule has 100 valence electrons. The second kappa shape index (κ2) is 4.80. The minimum Gasteiger partial charge on any atom is -0.444 e. The molecule has 0 bridgehead atoms. The van der Waals surface area contributed by atoms with Gasteiger partial charge in [0.25, 0.3) is 0 Å². The van der Waals surface area contributed by atoms with Crippen molar-refractivity contribution in [1.82, 2.24) is 0 Å². The first-order chi connectivity index (χ1) is 8.83. The standard InChI is InChI=1S/C15H18N2O2/c1-15(2,3)19-14(18)17-13-7-5-10-8-12(16)6-4-11(10)9-13/h4-9H,16H2,1-3H3,(H,17,18). The molecule has 0 aliphatic carbocycles. The van der Waals surface area contributed by atoms with Gasteiger partial charge in [0.2, 0.25) is 0 Å². The molecule has 0 saturated heterocycles. The Morgan fingerprint density at radius 2 is 1.74 bits per heavy atom. The van der Waals surface area contributed by atoms with Crippen molar-refractivity contribution < 1.29 is 9.53 Å². The zero-order chi connectivity index (χ0) is 14.0. The van der Waals surface area contributed by atoms with Crippen molar-refractivity contribution in [3.05, 3.63) is 36.4 Å². The van der Waals surface area contributed by atoms with E-state index >= 15 is 0 Å². The fourth-order valence-electron chi connectivity index (χ4n) is 1.76. The number of amides is 1. The lowest BCUT2D eigenvalue weighted by Crippen LogP contribution is -2.27. The van der Waals surface area contributed by atoms with Gasteiger partial charge in [-0.3, -0.25) is 5.32 Å². The average Bonchev–Trinajstić information content (AvgIpc) is 2.26. The minimum atomic E-state index is -0.505. The van der Waals surface area contributed by atoms with Gasteiger partial charge in [-0.1, -0.05) is 12.1 Å².